The first kappa shape index (κ1) is 20.3. The van der Waals surface area contributed by atoms with Crippen LogP contribution in [0.3, 0.4) is 0 Å². The Hall–Kier alpha value is -2.01. The molecule has 0 aromatic carbocycles. The third-order valence-electron chi connectivity index (χ3n) is 4.91. The van der Waals surface area contributed by atoms with E-state index in [2.05, 4.69) is 9.71 Å². The highest BCUT2D eigenvalue weighted by molar-refractivity contribution is 7.89. The molecule has 0 atom stereocenters. The molecule has 154 valence electrons. The molecule has 1 aliphatic rings. The van der Waals surface area contributed by atoms with Gasteiger partial charge in [-0.25, -0.2) is 18.1 Å². The first-order valence-corrected chi connectivity index (χ1v) is 12.5. The lowest BCUT2D eigenvalue weighted by atomic mass is 10.3. The van der Waals surface area contributed by atoms with E-state index in [1.165, 1.54) is 22.7 Å². The molecule has 0 spiro atoms. The summed E-state index contributed by atoms with van der Waals surface area (Å²) < 4.78 is 29.7. The molecule has 0 saturated carbocycles. The number of aromatic nitrogens is 2. The van der Waals surface area contributed by atoms with Gasteiger partial charge in [-0.15, -0.1) is 22.7 Å². The summed E-state index contributed by atoms with van der Waals surface area (Å²) in [6.45, 7) is 3.66. The van der Waals surface area contributed by atoms with Crippen molar-refractivity contribution in [1.29, 1.82) is 0 Å². The molecule has 4 rings (SSSR count). The largest absolute Gasteiger partial charge is 0.347 e. The molecule has 1 amide bonds. The van der Waals surface area contributed by atoms with Gasteiger partial charge in [0.25, 0.3) is 5.91 Å². The number of hydrogen-bond donors (Lipinski definition) is 1. The molecule has 3 aromatic heterocycles. The number of nitrogens with zero attached hydrogens (tertiary/aromatic N) is 3. The second kappa shape index (κ2) is 8.02. The van der Waals surface area contributed by atoms with Crippen molar-refractivity contribution >= 4 is 38.6 Å². The monoisotopic (exact) mass is 450 g/mol. The van der Waals surface area contributed by atoms with E-state index in [0.29, 0.717) is 21.3 Å². The zero-order valence-electron chi connectivity index (χ0n) is 16.2. The quantitative estimate of drug-likeness (QED) is 0.625. The van der Waals surface area contributed by atoms with Crippen LogP contribution in [0.1, 0.15) is 33.1 Å². The van der Waals surface area contributed by atoms with E-state index in [0.717, 1.165) is 30.8 Å². The van der Waals surface area contributed by atoms with E-state index < -0.39 is 10.0 Å². The average Bonchev–Trinajstić information content (AvgIpc) is 3.46. The predicted molar refractivity (Wildman–Crippen MR) is 115 cm³/mol. The number of carbonyl (C=O) groups is 1. The third kappa shape index (κ3) is 4.16. The van der Waals surface area contributed by atoms with Gasteiger partial charge in [0.2, 0.25) is 10.0 Å². The van der Waals surface area contributed by atoms with Crippen LogP contribution < -0.4 is 4.72 Å². The van der Waals surface area contributed by atoms with Gasteiger partial charge in [-0.1, -0.05) is 6.07 Å². The number of thiazole rings is 1. The molecule has 1 N–H and O–H groups in total. The zero-order chi connectivity index (χ0) is 20.6. The number of rotatable bonds is 6. The van der Waals surface area contributed by atoms with Crippen LogP contribution in [0, 0.1) is 6.92 Å². The number of amides is 1. The Labute approximate surface area is 178 Å². The highest BCUT2D eigenvalue weighted by Crippen LogP contribution is 2.31. The molecule has 29 heavy (non-hydrogen) atoms. The third-order valence-corrected chi connectivity index (χ3v) is 8.32. The van der Waals surface area contributed by atoms with Gasteiger partial charge in [-0.05, 0) is 37.3 Å². The van der Waals surface area contributed by atoms with E-state index in [9.17, 15) is 13.2 Å². The molecule has 1 fully saturated rings. The van der Waals surface area contributed by atoms with Crippen LogP contribution in [0.4, 0.5) is 0 Å². The van der Waals surface area contributed by atoms with Crippen molar-refractivity contribution in [3.63, 3.8) is 0 Å². The number of nitrogens with one attached hydrogen (secondary N) is 1. The summed E-state index contributed by atoms with van der Waals surface area (Å²) in [5, 5.41) is 2.56. The maximum absolute atomic E-state index is 12.7. The number of thiophene rings is 1. The molecule has 1 saturated heterocycles. The summed E-state index contributed by atoms with van der Waals surface area (Å²) in [6, 6.07) is 5.39. The Balaban J connectivity index is 1.58. The highest BCUT2D eigenvalue weighted by atomic mass is 32.2. The normalized spacial score (nSPS) is 14.6. The number of carbonyl (C=O) groups excluding carboxylic acids is 1. The van der Waals surface area contributed by atoms with Gasteiger partial charge in [0, 0.05) is 37.8 Å². The van der Waals surface area contributed by atoms with Crippen LogP contribution in [-0.2, 0) is 23.6 Å². The van der Waals surface area contributed by atoms with Crippen LogP contribution in [0.25, 0.3) is 10.7 Å². The number of aryl methyl sites for hydroxylation is 2. The number of hydrogen-bond acceptors (Lipinski definition) is 6. The number of likely N-dealkylation sites (tertiary alicyclic amines) is 1. The molecule has 0 bridgehead atoms. The Kier molecular flexibility index (Phi) is 5.60. The van der Waals surface area contributed by atoms with Crippen LogP contribution in [0.2, 0.25) is 0 Å². The summed E-state index contributed by atoms with van der Waals surface area (Å²) in [5.41, 5.74) is 1.36. The SMILES string of the molecule is Cc1nc(-c2cc(S(=O)(=O)NCc3cccs3)cn2C)sc1C(=O)N1CCCC1. The smallest absolute Gasteiger partial charge is 0.265 e. The van der Waals surface area contributed by atoms with E-state index in [1.807, 2.05) is 29.3 Å². The second-order valence-electron chi connectivity index (χ2n) is 7.01. The topological polar surface area (TPSA) is 84.3 Å². The Morgan fingerprint density at radius 1 is 1.31 bits per heavy atom. The highest BCUT2D eigenvalue weighted by Gasteiger charge is 2.26. The fourth-order valence-corrected chi connectivity index (χ4v) is 6.23. The molecule has 1 aliphatic heterocycles. The summed E-state index contributed by atoms with van der Waals surface area (Å²) >= 11 is 2.83. The fraction of sp³-hybridized carbons (Fsp3) is 0.368. The van der Waals surface area contributed by atoms with Gasteiger partial charge in [-0.3, -0.25) is 4.79 Å². The van der Waals surface area contributed by atoms with Crippen LogP contribution in [0.5, 0.6) is 0 Å². The molecule has 3 aromatic rings. The van der Waals surface area contributed by atoms with E-state index >= 15 is 0 Å². The zero-order valence-corrected chi connectivity index (χ0v) is 18.7. The van der Waals surface area contributed by atoms with Crippen molar-refractivity contribution in [2.24, 2.45) is 7.05 Å². The fourth-order valence-electron chi connectivity index (χ4n) is 3.32. The maximum atomic E-state index is 12.7. The van der Waals surface area contributed by atoms with Crippen LogP contribution >= 0.6 is 22.7 Å². The summed E-state index contributed by atoms with van der Waals surface area (Å²) in [7, 11) is -1.86. The summed E-state index contributed by atoms with van der Waals surface area (Å²) in [5.74, 6) is 0.0171. The van der Waals surface area contributed by atoms with Crippen molar-refractivity contribution in [3.05, 3.63) is 45.2 Å². The van der Waals surface area contributed by atoms with Gasteiger partial charge in [0.05, 0.1) is 11.4 Å². The molecule has 0 aliphatic carbocycles. The molecule has 0 radical (unpaired) electrons. The van der Waals surface area contributed by atoms with Crippen molar-refractivity contribution in [2.75, 3.05) is 13.1 Å². The van der Waals surface area contributed by atoms with E-state index in [1.54, 1.807) is 23.9 Å². The van der Waals surface area contributed by atoms with Crippen molar-refractivity contribution in [2.45, 2.75) is 31.2 Å². The van der Waals surface area contributed by atoms with Crippen LogP contribution in [0.15, 0.2) is 34.7 Å². The Bertz CT molecular complexity index is 1120. The van der Waals surface area contributed by atoms with Crippen molar-refractivity contribution in [1.82, 2.24) is 19.2 Å². The lowest BCUT2D eigenvalue weighted by Crippen LogP contribution is -2.27. The first-order chi connectivity index (χ1) is 13.8. The van der Waals surface area contributed by atoms with Gasteiger partial charge in [-0.2, -0.15) is 0 Å². The lowest BCUT2D eigenvalue weighted by molar-refractivity contribution is 0.0796. The predicted octanol–water partition coefficient (Wildman–Crippen LogP) is 3.23. The van der Waals surface area contributed by atoms with Gasteiger partial charge in [0.15, 0.2) is 0 Å². The van der Waals surface area contributed by atoms with Gasteiger partial charge < -0.3 is 9.47 Å². The standard InChI is InChI=1S/C19H22N4O3S3/c1-13-17(19(24)23-7-3-4-8-23)28-18(21-13)16-10-15(12-22(16)2)29(25,26)20-11-14-6-5-9-27-14/h5-6,9-10,12,20H,3-4,7-8,11H2,1-2H3. The van der Waals surface area contributed by atoms with E-state index in [-0.39, 0.29) is 17.3 Å². The molecule has 7 nitrogen and oxygen atoms in total. The van der Waals surface area contributed by atoms with Crippen molar-refractivity contribution < 1.29 is 13.2 Å². The van der Waals surface area contributed by atoms with Crippen LogP contribution in [-0.4, -0.2) is 41.9 Å². The van der Waals surface area contributed by atoms with Gasteiger partial charge >= 0.3 is 0 Å². The summed E-state index contributed by atoms with van der Waals surface area (Å²) in [6.07, 6.45) is 3.65. The molecule has 0 unspecified atom stereocenters. The number of sulfonamides is 1. The first-order valence-electron chi connectivity index (χ1n) is 9.30. The summed E-state index contributed by atoms with van der Waals surface area (Å²) in [4.78, 5) is 20.9. The Morgan fingerprint density at radius 3 is 2.76 bits per heavy atom. The molecule has 4 heterocycles. The van der Waals surface area contributed by atoms with E-state index in [4.69, 9.17) is 0 Å². The second-order valence-corrected chi connectivity index (χ2v) is 10.8. The molecular weight excluding hydrogens is 428 g/mol. The van der Waals surface area contributed by atoms with Gasteiger partial charge in [0.1, 0.15) is 14.8 Å². The average molecular weight is 451 g/mol. The minimum Gasteiger partial charge on any atom is -0.347 e. The maximum Gasteiger partial charge on any atom is 0.265 e. The Morgan fingerprint density at radius 2 is 2.07 bits per heavy atom. The van der Waals surface area contributed by atoms with Crippen molar-refractivity contribution in [3.8, 4) is 10.7 Å². The minimum atomic E-state index is -3.64. The minimum absolute atomic E-state index is 0.0171. The lowest BCUT2D eigenvalue weighted by Gasteiger charge is -2.13. The molecular formula is C19H22N4O3S3. The molecule has 10 heteroatoms.